The fraction of sp³-hybridized carbons (Fsp3) is 0.533. The van der Waals surface area contributed by atoms with E-state index in [9.17, 15) is 4.79 Å². The van der Waals surface area contributed by atoms with Gasteiger partial charge in [0.15, 0.2) is 0 Å². The first-order valence-corrected chi connectivity index (χ1v) is 6.75. The first-order valence-electron chi connectivity index (χ1n) is 6.75. The average Bonchev–Trinajstić information content (AvgIpc) is 3.22. The minimum Gasteiger partial charge on any atom is -0.492 e. The quantitative estimate of drug-likeness (QED) is 0.886. The van der Waals surface area contributed by atoms with E-state index in [0.717, 1.165) is 17.7 Å². The van der Waals surface area contributed by atoms with Crippen LogP contribution in [0.15, 0.2) is 24.3 Å². The highest BCUT2D eigenvalue weighted by atomic mass is 16.5. The first-order chi connectivity index (χ1) is 8.74. The van der Waals surface area contributed by atoms with Crippen LogP contribution in [0, 0.1) is 11.8 Å². The summed E-state index contributed by atoms with van der Waals surface area (Å²) in [5.74, 6) is 1.73. The monoisotopic (exact) mass is 245 g/mol. The highest BCUT2D eigenvalue weighted by molar-refractivity contribution is 5.80. The summed E-state index contributed by atoms with van der Waals surface area (Å²) in [5.41, 5.74) is 1.14. The number of para-hydroxylation sites is 1. The molecule has 0 radical (unpaired) electrons. The number of rotatable bonds is 3. The molecule has 0 unspecified atom stereocenters. The zero-order chi connectivity index (χ0) is 12.5. The largest absolute Gasteiger partial charge is 0.492 e. The Bertz CT molecular complexity index is 454. The van der Waals surface area contributed by atoms with Crippen molar-refractivity contribution in [2.45, 2.75) is 32.2 Å². The van der Waals surface area contributed by atoms with Gasteiger partial charge < -0.3 is 10.1 Å². The van der Waals surface area contributed by atoms with Crippen LogP contribution in [0.5, 0.6) is 5.75 Å². The zero-order valence-electron chi connectivity index (χ0n) is 10.7. The van der Waals surface area contributed by atoms with Gasteiger partial charge in [-0.2, -0.15) is 0 Å². The minimum absolute atomic E-state index is 0.0406. The van der Waals surface area contributed by atoms with Gasteiger partial charge in [0.05, 0.1) is 5.92 Å². The van der Waals surface area contributed by atoms with E-state index in [1.165, 1.54) is 12.8 Å². The van der Waals surface area contributed by atoms with Crippen LogP contribution in [-0.4, -0.2) is 18.6 Å². The summed E-state index contributed by atoms with van der Waals surface area (Å²) < 4.78 is 5.65. The fourth-order valence-electron chi connectivity index (χ4n) is 2.55. The molecule has 1 aliphatic heterocycles. The van der Waals surface area contributed by atoms with Crippen molar-refractivity contribution in [3.8, 4) is 5.75 Å². The highest BCUT2D eigenvalue weighted by Crippen LogP contribution is 2.33. The molecule has 0 bridgehead atoms. The first kappa shape index (κ1) is 11.6. The van der Waals surface area contributed by atoms with Crippen molar-refractivity contribution < 1.29 is 9.53 Å². The summed E-state index contributed by atoms with van der Waals surface area (Å²) in [6.07, 6.45) is 3.30. The molecule has 0 spiro atoms. The molecule has 1 heterocycles. The molecule has 3 rings (SSSR count). The van der Waals surface area contributed by atoms with Gasteiger partial charge in [-0.1, -0.05) is 18.2 Å². The molecule has 1 saturated carbocycles. The molecule has 0 aromatic heterocycles. The van der Waals surface area contributed by atoms with Crippen LogP contribution in [0.2, 0.25) is 0 Å². The standard InChI is InChI=1S/C15H19NO2/c1-10(11-6-7-11)16-15(17)13-8-12-4-2-3-5-14(12)18-9-13/h2-5,10-11,13H,6-9H2,1H3,(H,16,17)/t10-,13+/m1/s1. The van der Waals surface area contributed by atoms with Crippen molar-refractivity contribution in [2.24, 2.45) is 11.8 Å². The van der Waals surface area contributed by atoms with Gasteiger partial charge in [0.1, 0.15) is 12.4 Å². The summed E-state index contributed by atoms with van der Waals surface area (Å²) in [4.78, 5) is 12.2. The lowest BCUT2D eigenvalue weighted by atomic mass is 9.95. The Morgan fingerprint density at radius 1 is 1.39 bits per heavy atom. The second-order valence-corrected chi connectivity index (χ2v) is 5.45. The van der Waals surface area contributed by atoms with Gasteiger partial charge in [-0.25, -0.2) is 0 Å². The molecular formula is C15H19NO2. The van der Waals surface area contributed by atoms with Gasteiger partial charge >= 0.3 is 0 Å². The molecule has 3 nitrogen and oxygen atoms in total. The fourth-order valence-corrected chi connectivity index (χ4v) is 2.55. The number of fused-ring (bicyclic) bond motifs is 1. The van der Waals surface area contributed by atoms with E-state index in [2.05, 4.69) is 12.2 Å². The molecule has 96 valence electrons. The maximum atomic E-state index is 12.2. The van der Waals surface area contributed by atoms with E-state index < -0.39 is 0 Å². The number of benzene rings is 1. The van der Waals surface area contributed by atoms with E-state index in [0.29, 0.717) is 18.6 Å². The molecule has 1 aromatic carbocycles. The number of carbonyl (C=O) groups is 1. The lowest BCUT2D eigenvalue weighted by Gasteiger charge is -2.25. The maximum Gasteiger partial charge on any atom is 0.227 e. The van der Waals surface area contributed by atoms with Crippen LogP contribution in [0.4, 0.5) is 0 Å². The van der Waals surface area contributed by atoms with E-state index in [-0.39, 0.29) is 11.8 Å². The van der Waals surface area contributed by atoms with Crippen LogP contribution in [0.3, 0.4) is 0 Å². The van der Waals surface area contributed by atoms with Crippen molar-refractivity contribution in [3.63, 3.8) is 0 Å². The van der Waals surface area contributed by atoms with E-state index >= 15 is 0 Å². The molecular weight excluding hydrogens is 226 g/mol. The van der Waals surface area contributed by atoms with Gasteiger partial charge in [-0.05, 0) is 43.7 Å². The number of hydrogen-bond acceptors (Lipinski definition) is 2. The SMILES string of the molecule is C[C@@H](NC(=O)[C@@H]1COc2ccccc2C1)C1CC1. The molecule has 1 N–H and O–H groups in total. The van der Waals surface area contributed by atoms with Gasteiger partial charge in [-0.3, -0.25) is 4.79 Å². The molecule has 3 heteroatoms. The van der Waals surface area contributed by atoms with Gasteiger partial charge in [0, 0.05) is 6.04 Å². The van der Waals surface area contributed by atoms with Crippen LogP contribution < -0.4 is 10.1 Å². The third-order valence-electron chi connectivity index (χ3n) is 3.95. The number of amides is 1. The number of nitrogens with one attached hydrogen (secondary N) is 1. The molecule has 1 aromatic rings. The molecule has 2 atom stereocenters. The Balaban J connectivity index is 1.62. The smallest absolute Gasteiger partial charge is 0.227 e. The Labute approximate surface area is 108 Å². The third kappa shape index (κ3) is 2.35. The number of hydrogen-bond donors (Lipinski definition) is 1. The average molecular weight is 245 g/mol. The summed E-state index contributed by atoms with van der Waals surface area (Å²) in [7, 11) is 0. The van der Waals surface area contributed by atoms with Gasteiger partial charge in [0.25, 0.3) is 0 Å². The normalized spacial score (nSPS) is 23.7. The van der Waals surface area contributed by atoms with Gasteiger partial charge in [0.2, 0.25) is 5.91 Å². The van der Waals surface area contributed by atoms with E-state index in [1.807, 2.05) is 24.3 Å². The summed E-state index contributed by atoms with van der Waals surface area (Å²) >= 11 is 0. The van der Waals surface area contributed by atoms with Crippen molar-refractivity contribution >= 4 is 5.91 Å². The molecule has 2 aliphatic rings. The number of ether oxygens (including phenoxy) is 1. The Hall–Kier alpha value is -1.51. The van der Waals surface area contributed by atoms with Gasteiger partial charge in [-0.15, -0.1) is 0 Å². The predicted molar refractivity (Wildman–Crippen MR) is 69.5 cm³/mol. The summed E-state index contributed by atoms with van der Waals surface area (Å²) in [6.45, 7) is 2.60. The van der Waals surface area contributed by atoms with Crippen molar-refractivity contribution in [1.29, 1.82) is 0 Å². The van der Waals surface area contributed by atoms with Crippen molar-refractivity contribution in [3.05, 3.63) is 29.8 Å². The molecule has 1 fully saturated rings. The molecule has 1 amide bonds. The zero-order valence-corrected chi connectivity index (χ0v) is 10.7. The molecule has 18 heavy (non-hydrogen) atoms. The minimum atomic E-state index is -0.0406. The van der Waals surface area contributed by atoms with Crippen LogP contribution in [-0.2, 0) is 11.2 Å². The number of carbonyl (C=O) groups excluding carboxylic acids is 1. The Kier molecular flexibility index (Phi) is 2.98. The Morgan fingerprint density at radius 3 is 2.94 bits per heavy atom. The van der Waals surface area contributed by atoms with Crippen molar-refractivity contribution in [2.75, 3.05) is 6.61 Å². The third-order valence-corrected chi connectivity index (χ3v) is 3.95. The lowest BCUT2D eigenvalue weighted by molar-refractivity contribution is -0.127. The molecule has 1 aliphatic carbocycles. The predicted octanol–water partition coefficient (Wildman–Crippen LogP) is 2.15. The van der Waals surface area contributed by atoms with Crippen LogP contribution >= 0.6 is 0 Å². The molecule has 0 saturated heterocycles. The van der Waals surface area contributed by atoms with Crippen molar-refractivity contribution in [1.82, 2.24) is 5.32 Å². The Morgan fingerprint density at radius 2 is 2.17 bits per heavy atom. The van der Waals surface area contributed by atoms with E-state index in [4.69, 9.17) is 4.74 Å². The highest BCUT2D eigenvalue weighted by Gasteiger charge is 2.32. The topological polar surface area (TPSA) is 38.3 Å². The second-order valence-electron chi connectivity index (χ2n) is 5.45. The van der Waals surface area contributed by atoms with Crippen LogP contribution in [0.1, 0.15) is 25.3 Å². The van der Waals surface area contributed by atoms with Crippen LogP contribution in [0.25, 0.3) is 0 Å². The lowest BCUT2D eigenvalue weighted by Crippen LogP contribution is -2.42. The summed E-state index contributed by atoms with van der Waals surface area (Å²) in [6, 6.07) is 8.29. The second kappa shape index (κ2) is 4.63. The maximum absolute atomic E-state index is 12.2. The summed E-state index contributed by atoms with van der Waals surface area (Å²) in [5, 5.41) is 3.12. The van der Waals surface area contributed by atoms with E-state index in [1.54, 1.807) is 0 Å².